The minimum absolute atomic E-state index is 0.0383. The Hall–Kier alpha value is -2.33. The van der Waals surface area contributed by atoms with E-state index in [1.54, 1.807) is 0 Å². The fraction of sp³-hybridized carbons (Fsp3) is 0.214. The maximum atomic E-state index is 2.46. The molecule has 3 aromatic carbocycles. The van der Waals surface area contributed by atoms with Gasteiger partial charge in [-0.2, -0.15) is 0 Å². The molecule has 0 saturated carbocycles. The second-order valence-electron chi connectivity index (χ2n) is 8.35. The lowest BCUT2D eigenvalue weighted by atomic mass is 9.73. The van der Waals surface area contributed by atoms with Gasteiger partial charge in [0, 0.05) is 5.41 Å². The van der Waals surface area contributed by atoms with Crippen molar-refractivity contribution < 1.29 is 0 Å². The zero-order valence-corrected chi connectivity index (χ0v) is 20.1. The second kappa shape index (κ2) is 8.81. The number of benzene rings is 3. The van der Waals surface area contributed by atoms with Gasteiger partial charge in [-0.15, -0.1) is 0 Å². The Morgan fingerprint density at radius 3 is 2.27 bits per heavy atom. The van der Waals surface area contributed by atoms with Gasteiger partial charge in [-0.3, -0.25) is 0 Å². The molecule has 1 nitrogen and oxygen atoms in total. The third-order valence-corrected chi connectivity index (χ3v) is 6.87. The molecule has 0 N–H and O–H groups in total. The summed E-state index contributed by atoms with van der Waals surface area (Å²) in [6.07, 6.45) is 5.78. The van der Waals surface area contributed by atoms with Crippen molar-refractivity contribution in [1.82, 2.24) is 0 Å². The van der Waals surface area contributed by atoms with Gasteiger partial charge in [-0.05, 0) is 52.0 Å². The van der Waals surface area contributed by atoms with Crippen LogP contribution in [-0.2, 0) is 5.41 Å². The van der Waals surface area contributed by atoms with E-state index in [0.717, 1.165) is 13.0 Å². The molecule has 0 aliphatic carbocycles. The molecule has 0 radical (unpaired) electrons. The van der Waals surface area contributed by atoms with Gasteiger partial charge in [0.15, 0.2) is 0 Å². The fourth-order valence-corrected chi connectivity index (χ4v) is 4.98. The predicted molar refractivity (Wildman–Crippen MR) is 139 cm³/mol. The van der Waals surface area contributed by atoms with Gasteiger partial charge < -0.3 is 3.11 Å². The van der Waals surface area contributed by atoms with Crippen molar-refractivity contribution in [3.05, 3.63) is 108 Å². The average Bonchev–Trinajstić information content (AvgIpc) is 2.78. The number of allylic oxidation sites excluding steroid dienone is 3. The lowest BCUT2D eigenvalue weighted by molar-refractivity contribution is 0.598. The molecule has 1 aliphatic rings. The summed E-state index contributed by atoms with van der Waals surface area (Å²) in [5.74, 6) is 0. The lowest BCUT2D eigenvalue weighted by Gasteiger charge is -2.40. The van der Waals surface area contributed by atoms with Crippen LogP contribution < -0.4 is 3.11 Å². The van der Waals surface area contributed by atoms with Crippen molar-refractivity contribution in [2.75, 3.05) is 9.66 Å². The number of nitrogens with zero attached hydrogens (tertiary/aromatic N) is 1. The molecule has 152 valence electrons. The monoisotopic (exact) mass is 505 g/mol. The SMILES string of the molecule is CC/C=C(\C=C1/CN(I)c2ccc(-c3ccccc3)cc2C1(C)C)c1ccccc1. The Balaban J connectivity index is 1.81. The Labute approximate surface area is 194 Å². The maximum Gasteiger partial charge on any atom is 0.0594 e. The van der Waals surface area contributed by atoms with E-state index >= 15 is 0 Å². The molecular weight excluding hydrogens is 477 g/mol. The Bertz CT molecular complexity index is 1080. The first kappa shape index (κ1) is 20.9. The first-order valence-electron chi connectivity index (χ1n) is 10.6. The van der Waals surface area contributed by atoms with Crippen molar-refractivity contribution in [2.45, 2.75) is 32.6 Å². The smallest absolute Gasteiger partial charge is 0.0594 e. The largest absolute Gasteiger partial charge is 0.310 e. The van der Waals surface area contributed by atoms with Crippen LogP contribution >= 0.6 is 22.9 Å². The molecule has 1 heterocycles. The molecule has 30 heavy (non-hydrogen) atoms. The average molecular weight is 505 g/mol. The normalized spacial score (nSPS) is 17.1. The van der Waals surface area contributed by atoms with Crippen LogP contribution in [-0.4, -0.2) is 6.54 Å². The molecule has 0 amide bonds. The summed E-state index contributed by atoms with van der Waals surface area (Å²) in [6.45, 7) is 7.87. The first-order chi connectivity index (χ1) is 14.5. The van der Waals surface area contributed by atoms with E-state index in [9.17, 15) is 0 Å². The summed E-state index contributed by atoms with van der Waals surface area (Å²) in [5.41, 5.74) is 9.25. The van der Waals surface area contributed by atoms with Crippen LogP contribution in [0.3, 0.4) is 0 Å². The molecule has 0 saturated heterocycles. The Morgan fingerprint density at radius 1 is 0.933 bits per heavy atom. The van der Waals surface area contributed by atoms with Crippen LogP contribution in [0.4, 0.5) is 5.69 Å². The van der Waals surface area contributed by atoms with Crippen molar-refractivity contribution in [1.29, 1.82) is 0 Å². The van der Waals surface area contributed by atoms with Gasteiger partial charge in [-0.1, -0.05) is 99.7 Å². The minimum Gasteiger partial charge on any atom is -0.310 e. The highest BCUT2D eigenvalue weighted by Crippen LogP contribution is 2.46. The highest BCUT2D eigenvalue weighted by molar-refractivity contribution is 14.1. The van der Waals surface area contributed by atoms with Gasteiger partial charge in [0.25, 0.3) is 0 Å². The quantitative estimate of drug-likeness (QED) is 0.255. The van der Waals surface area contributed by atoms with Crippen LogP contribution in [0.5, 0.6) is 0 Å². The molecule has 0 bridgehead atoms. The van der Waals surface area contributed by atoms with Gasteiger partial charge in [0.05, 0.1) is 35.1 Å². The van der Waals surface area contributed by atoms with Gasteiger partial charge in [-0.25, -0.2) is 0 Å². The van der Waals surface area contributed by atoms with E-state index in [2.05, 4.69) is 138 Å². The summed E-state index contributed by atoms with van der Waals surface area (Å²) in [6, 6.07) is 28.3. The molecule has 0 aromatic heterocycles. The van der Waals surface area contributed by atoms with Crippen LogP contribution in [0.25, 0.3) is 16.7 Å². The van der Waals surface area contributed by atoms with Crippen LogP contribution in [0.2, 0.25) is 0 Å². The minimum atomic E-state index is -0.0383. The van der Waals surface area contributed by atoms with E-state index in [0.29, 0.717) is 0 Å². The zero-order chi connectivity index (χ0) is 21.1. The van der Waals surface area contributed by atoms with Gasteiger partial charge in [0.1, 0.15) is 0 Å². The molecule has 1 aliphatic heterocycles. The highest BCUT2D eigenvalue weighted by atomic mass is 127. The van der Waals surface area contributed by atoms with Gasteiger partial charge in [0.2, 0.25) is 0 Å². The third-order valence-electron chi connectivity index (χ3n) is 6.01. The summed E-state index contributed by atoms with van der Waals surface area (Å²) >= 11 is 2.46. The summed E-state index contributed by atoms with van der Waals surface area (Å²) in [7, 11) is 0. The standard InChI is InChI=1S/C28H28IN/c1-4-11-23(21-12-7-5-8-13-21)18-25-20-30(29)27-17-16-24(19-26(27)28(25,2)3)22-14-9-6-10-15-22/h5-19H,4,20H2,1-3H3/b23-11+,25-18+. The number of rotatable bonds is 4. The van der Waals surface area contributed by atoms with Gasteiger partial charge >= 0.3 is 0 Å². The summed E-state index contributed by atoms with van der Waals surface area (Å²) in [5, 5.41) is 0. The van der Waals surface area contributed by atoms with E-state index in [-0.39, 0.29) is 5.41 Å². The predicted octanol–water partition coefficient (Wildman–Crippen LogP) is 8.22. The fourth-order valence-electron chi connectivity index (χ4n) is 4.19. The first-order valence-corrected chi connectivity index (χ1v) is 11.6. The van der Waals surface area contributed by atoms with E-state index in [1.807, 2.05) is 0 Å². The number of hydrogen-bond acceptors (Lipinski definition) is 1. The Kier molecular flexibility index (Phi) is 6.14. The molecule has 0 fully saturated rings. The highest BCUT2D eigenvalue weighted by Gasteiger charge is 2.35. The van der Waals surface area contributed by atoms with Crippen molar-refractivity contribution in [2.24, 2.45) is 0 Å². The number of hydrogen-bond donors (Lipinski definition) is 0. The van der Waals surface area contributed by atoms with Crippen molar-refractivity contribution in [3.63, 3.8) is 0 Å². The third kappa shape index (κ3) is 4.11. The molecule has 3 aromatic rings. The molecule has 0 atom stereocenters. The topological polar surface area (TPSA) is 3.24 Å². The molecule has 0 spiro atoms. The Morgan fingerprint density at radius 2 is 1.60 bits per heavy atom. The number of anilines is 1. The van der Waals surface area contributed by atoms with E-state index < -0.39 is 0 Å². The van der Waals surface area contributed by atoms with Crippen molar-refractivity contribution in [3.8, 4) is 11.1 Å². The lowest BCUT2D eigenvalue weighted by Crippen LogP contribution is -2.34. The molecule has 0 unspecified atom stereocenters. The van der Waals surface area contributed by atoms with E-state index in [4.69, 9.17) is 0 Å². The zero-order valence-electron chi connectivity index (χ0n) is 17.9. The van der Waals surface area contributed by atoms with Crippen LogP contribution in [0, 0.1) is 0 Å². The second-order valence-corrected chi connectivity index (χ2v) is 9.51. The number of fused-ring (bicyclic) bond motifs is 1. The van der Waals surface area contributed by atoms with Crippen LogP contribution in [0.1, 0.15) is 38.3 Å². The maximum absolute atomic E-state index is 2.46. The molecule has 4 rings (SSSR count). The summed E-state index contributed by atoms with van der Waals surface area (Å²) in [4.78, 5) is 0. The molecular formula is C28H28IN. The number of halogens is 1. The van der Waals surface area contributed by atoms with Crippen molar-refractivity contribution >= 4 is 34.1 Å². The van der Waals surface area contributed by atoms with E-state index in [1.165, 1.54) is 39.1 Å². The van der Waals surface area contributed by atoms with Crippen LogP contribution in [0.15, 0.2) is 96.6 Å². The molecule has 2 heteroatoms. The summed E-state index contributed by atoms with van der Waals surface area (Å²) < 4.78 is 2.35.